The predicted molar refractivity (Wildman–Crippen MR) is 119 cm³/mol. The Morgan fingerprint density at radius 2 is 1.90 bits per heavy atom. The molecule has 3 aromatic rings. The molecule has 0 saturated heterocycles. The first-order chi connectivity index (χ1) is 14.6. The van der Waals surface area contributed by atoms with Crippen LogP contribution in [0.2, 0.25) is 5.02 Å². The Morgan fingerprint density at radius 3 is 2.60 bits per heavy atom. The second kappa shape index (κ2) is 9.00. The maximum absolute atomic E-state index is 13.5. The molecular weight excluding hydrogens is 420 g/mol. The first kappa shape index (κ1) is 20.6. The number of carbonyl (C=O) groups excluding carboxylic acids is 2. The van der Waals surface area contributed by atoms with Gasteiger partial charge < -0.3 is 15.0 Å². The number of nitrogens with zero attached hydrogens (tertiary/aromatic N) is 1. The van der Waals surface area contributed by atoms with Crippen LogP contribution in [0.3, 0.4) is 0 Å². The van der Waals surface area contributed by atoms with Crippen molar-refractivity contribution in [3.63, 3.8) is 0 Å². The van der Waals surface area contributed by atoms with E-state index in [1.807, 2.05) is 35.7 Å². The number of hydrogen-bond donors (Lipinski definition) is 1. The van der Waals surface area contributed by atoms with Crippen LogP contribution in [-0.2, 0) is 9.53 Å². The van der Waals surface area contributed by atoms with Gasteiger partial charge in [-0.3, -0.25) is 9.59 Å². The lowest BCUT2D eigenvalue weighted by Gasteiger charge is -2.41. The highest BCUT2D eigenvalue weighted by molar-refractivity contribution is 7.10. The molecular formula is C23H21ClN2O3S. The van der Waals surface area contributed by atoms with Crippen molar-refractivity contribution in [1.82, 2.24) is 4.90 Å². The number of carbonyl (C=O) groups is 2. The van der Waals surface area contributed by atoms with E-state index in [1.54, 1.807) is 53.7 Å². The molecule has 1 aliphatic heterocycles. The van der Waals surface area contributed by atoms with Gasteiger partial charge >= 0.3 is 0 Å². The Labute approximate surface area is 184 Å². The molecule has 2 amide bonds. The molecule has 0 aliphatic carbocycles. The van der Waals surface area contributed by atoms with Gasteiger partial charge in [0.15, 0.2) is 0 Å². The lowest BCUT2D eigenvalue weighted by molar-refractivity contribution is -0.119. The molecule has 0 unspecified atom stereocenters. The number of rotatable bonds is 6. The number of anilines is 1. The van der Waals surface area contributed by atoms with E-state index in [9.17, 15) is 9.59 Å². The van der Waals surface area contributed by atoms with Gasteiger partial charge in [-0.15, -0.1) is 11.3 Å². The van der Waals surface area contributed by atoms with E-state index < -0.39 is 12.0 Å². The minimum Gasteiger partial charge on any atom is -0.383 e. The molecule has 5 nitrogen and oxygen atoms in total. The van der Waals surface area contributed by atoms with E-state index >= 15 is 0 Å². The summed E-state index contributed by atoms with van der Waals surface area (Å²) >= 11 is 7.51. The van der Waals surface area contributed by atoms with Crippen molar-refractivity contribution in [2.24, 2.45) is 0 Å². The number of ether oxygens (including phenoxy) is 1. The van der Waals surface area contributed by atoms with Crippen LogP contribution in [0.25, 0.3) is 0 Å². The molecule has 30 heavy (non-hydrogen) atoms. The van der Waals surface area contributed by atoms with Crippen molar-refractivity contribution in [2.45, 2.75) is 12.0 Å². The molecule has 2 heterocycles. The van der Waals surface area contributed by atoms with E-state index in [1.165, 1.54) is 0 Å². The van der Waals surface area contributed by atoms with Crippen LogP contribution in [0, 0.1) is 0 Å². The molecule has 154 valence electrons. The van der Waals surface area contributed by atoms with Gasteiger partial charge in [-0.25, -0.2) is 0 Å². The van der Waals surface area contributed by atoms with Crippen molar-refractivity contribution in [3.8, 4) is 0 Å². The first-order valence-corrected chi connectivity index (χ1v) is 10.8. The van der Waals surface area contributed by atoms with Gasteiger partial charge in [0.25, 0.3) is 5.91 Å². The Hall–Kier alpha value is -2.67. The third-order valence-corrected chi connectivity index (χ3v) is 6.40. The minimum absolute atomic E-state index is 0.0865. The van der Waals surface area contributed by atoms with Crippen molar-refractivity contribution < 1.29 is 14.3 Å². The fourth-order valence-corrected chi connectivity index (χ4v) is 4.84. The number of halogens is 1. The summed E-state index contributed by atoms with van der Waals surface area (Å²) in [7, 11) is 1.60. The summed E-state index contributed by atoms with van der Waals surface area (Å²) in [5.74, 6) is -0.806. The van der Waals surface area contributed by atoms with Crippen LogP contribution in [0.15, 0.2) is 66.0 Å². The number of fused-ring (bicyclic) bond motifs is 1. The number of benzene rings is 2. The predicted octanol–water partition coefficient (Wildman–Crippen LogP) is 4.97. The Bertz CT molecular complexity index is 1040. The second-order valence-corrected chi connectivity index (χ2v) is 8.43. The third kappa shape index (κ3) is 3.99. The standard InChI is InChI=1S/C23H21ClN2O3S/c1-29-13-12-26-21(19-7-4-14-30-19)20(17-5-2-3-6-18(17)23(26)28)22(27)25-16-10-8-15(24)9-11-16/h2-11,14,20-21H,12-13H2,1H3,(H,25,27)/t20-,21-/m1/s1. The fourth-order valence-electron chi connectivity index (χ4n) is 3.84. The smallest absolute Gasteiger partial charge is 0.254 e. The van der Waals surface area contributed by atoms with Crippen molar-refractivity contribution >= 4 is 40.4 Å². The zero-order chi connectivity index (χ0) is 21.1. The molecule has 0 fully saturated rings. The van der Waals surface area contributed by atoms with E-state index in [2.05, 4.69) is 5.32 Å². The van der Waals surface area contributed by atoms with Gasteiger partial charge in [-0.2, -0.15) is 0 Å². The Kier molecular flexibility index (Phi) is 6.18. The fraction of sp³-hybridized carbons (Fsp3) is 0.217. The average Bonchev–Trinajstić information content (AvgIpc) is 3.29. The summed E-state index contributed by atoms with van der Waals surface area (Å²) in [5, 5.41) is 5.56. The highest BCUT2D eigenvalue weighted by Crippen LogP contribution is 2.44. The maximum atomic E-state index is 13.5. The van der Waals surface area contributed by atoms with E-state index in [0.717, 1.165) is 10.4 Å². The van der Waals surface area contributed by atoms with Crippen molar-refractivity contribution in [1.29, 1.82) is 0 Å². The zero-order valence-corrected chi connectivity index (χ0v) is 18.0. The number of hydrogen-bond acceptors (Lipinski definition) is 4. The van der Waals surface area contributed by atoms with Crippen molar-refractivity contribution in [3.05, 3.63) is 87.1 Å². The molecule has 1 aliphatic rings. The van der Waals surface area contributed by atoms with Gasteiger partial charge in [-0.1, -0.05) is 35.9 Å². The van der Waals surface area contributed by atoms with Gasteiger partial charge in [0.1, 0.15) is 0 Å². The van der Waals surface area contributed by atoms with Crippen LogP contribution in [-0.4, -0.2) is 37.0 Å². The SMILES string of the molecule is COCCN1C(=O)c2ccccc2[C@@H](C(=O)Nc2ccc(Cl)cc2)[C@H]1c1cccs1. The number of methoxy groups -OCH3 is 1. The molecule has 0 spiro atoms. The quantitative estimate of drug-likeness (QED) is 0.588. The Balaban J connectivity index is 1.78. The summed E-state index contributed by atoms with van der Waals surface area (Å²) in [6.07, 6.45) is 0. The molecule has 4 rings (SSSR count). The van der Waals surface area contributed by atoms with Gasteiger partial charge in [-0.05, 0) is 47.3 Å². The number of thiophene rings is 1. The summed E-state index contributed by atoms with van der Waals surface area (Å²) in [6, 6.07) is 17.8. The maximum Gasteiger partial charge on any atom is 0.254 e. The second-order valence-electron chi connectivity index (χ2n) is 7.01. The molecule has 2 atom stereocenters. The van der Waals surface area contributed by atoms with E-state index in [4.69, 9.17) is 16.3 Å². The monoisotopic (exact) mass is 440 g/mol. The first-order valence-electron chi connectivity index (χ1n) is 9.59. The van der Waals surface area contributed by atoms with Gasteiger partial charge in [0, 0.05) is 34.8 Å². The largest absolute Gasteiger partial charge is 0.383 e. The highest BCUT2D eigenvalue weighted by Gasteiger charge is 2.44. The number of amides is 2. The molecule has 0 radical (unpaired) electrons. The lowest BCUT2D eigenvalue weighted by atomic mass is 9.81. The minimum atomic E-state index is -0.551. The topological polar surface area (TPSA) is 58.6 Å². The highest BCUT2D eigenvalue weighted by atomic mass is 35.5. The van der Waals surface area contributed by atoms with Gasteiger partial charge in [0.2, 0.25) is 5.91 Å². The van der Waals surface area contributed by atoms with Crippen LogP contribution in [0.4, 0.5) is 5.69 Å². The third-order valence-electron chi connectivity index (χ3n) is 5.20. The van der Waals surface area contributed by atoms with Crippen LogP contribution in [0.1, 0.15) is 32.8 Å². The molecule has 1 aromatic heterocycles. The Morgan fingerprint density at radius 1 is 1.13 bits per heavy atom. The molecule has 2 aromatic carbocycles. The summed E-state index contributed by atoms with van der Waals surface area (Å²) in [5.41, 5.74) is 1.95. The van der Waals surface area contributed by atoms with Crippen LogP contribution >= 0.6 is 22.9 Å². The molecule has 0 saturated carbocycles. The van der Waals surface area contributed by atoms with E-state index in [0.29, 0.717) is 29.4 Å². The van der Waals surface area contributed by atoms with Crippen LogP contribution < -0.4 is 5.32 Å². The number of nitrogens with one attached hydrogen (secondary N) is 1. The van der Waals surface area contributed by atoms with Crippen molar-refractivity contribution in [2.75, 3.05) is 25.6 Å². The molecule has 1 N–H and O–H groups in total. The molecule has 7 heteroatoms. The zero-order valence-electron chi connectivity index (χ0n) is 16.4. The van der Waals surface area contributed by atoms with Crippen LogP contribution in [0.5, 0.6) is 0 Å². The summed E-state index contributed by atoms with van der Waals surface area (Å²) in [4.78, 5) is 29.6. The summed E-state index contributed by atoms with van der Waals surface area (Å²) < 4.78 is 5.25. The average molecular weight is 441 g/mol. The lowest BCUT2D eigenvalue weighted by Crippen LogP contribution is -2.47. The molecule has 0 bridgehead atoms. The van der Waals surface area contributed by atoms with E-state index in [-0.39, 0.29) is 11.8 Å². The normalized spacial score (nSPS) is 18.2. The van der Waals surface area contributed by atoms with Gasteiger partial charge in [0.05, 0.1) is 18.6 Å². The summed E-state index contributed by atoms with van der Waals surface area (Å²) in [6.45, 7) is 0.790.